The molecule has 5 nitrogen and oxygen atoms in total. The lowest BCUT2D eigenvalue weighted by Gasteiger charge is -2.10. The van der Waals surface area contributed by atoms with Crippen LogP contribution in [-0.2, 0) is 6.54 Å². The molecule has 0 atom stereocenters. The summed E-state index contributed by atoms with van der Waals surface area (Å²) < 4.78 is 7.20. The number of methoxy groups -OCH3 is 1. The summed E-state index contributed by atoms with van der Waals surface area (Å²) in [6, 6.07) is 11.9. The SMILES string of the molecule is COc1ccccc1CNc1ccc(-n2ccnc2)nc1. The maximum absolute atomic E-state index is 5.34. The van der Waals surface area contributed by atoms with Crippen molar-refractivity contribution < 1.29 is 4.74 Å². The molecule has 106 valence electrons. The summed E-state index contributed by atoms with van der Waals surface area (Å²) in [6.07, 6.45) is 7.13. The second kappa shape index (κ2) is 6.09. The van der Waals surface area contributed by atoms with Gasteiger partial charge >= 0.3 is 0 Å². The zero-order valence-corrected chi connectivity index (χ0v) is 11.7. The molecule has 0 radical (unpaired) electrons. The summed E-state index contributed by atoms with van der Waals surface area (Å²) in [7, 11) is 1.68. The van der Waals surface area contributed by atoms with Gasteiger partial charge < -0.3 is 10.1 Å². The topological polar surface area (TPSA) is 52.0 Å². The van der Waals surface area contributed by atoms with E-state index >= 15 is 0 Å². The van der Waals surface area contributed by atoms with E-state index in [0.29, 0.717) is 6.54 Å². The van der Waals surface area contributed by atoms with E-state index in [9.17, 15) is 0 Å². The third-order valence-electron chi connectivity index (χ3n) is 3.19. The lowest BCUT2D eigenvalue weighted by molar-refractivity contribution is 0.410. The van der Waals surface area contributed by atoms with Gasteiger partial charge in [0.25, 0.3) is 0 Å². The fraction of sp³-hybridized carbons (Fsp3) is 0.125. The second-order valence-corrected chi connectivity index (χ2v) is 4.54. The van der Waals surface area contributed by atoms with Gasteiger partial charge in [0.2, 0.25) is 0 Å². The van der Waals surface area contributed by atoms with Crippen LogP contribution in [0, 0.1) is 0 Å². The number of rotatable bonds is 5. The highest BCUT2D eigenvalue weighted by atomic mass is 16.5. The highest BCUT2D eigenvalue weighted by Gasteiger charge is 2.02. The number of ether oxygens (including phenoxy) is 1. The van der Waals surface area contributed by atoms with Crippen molar-refractivity contribution in [1.82, 2.24) is 14.5 Å². The van der Waals surface area contributed by atoms with Crippen LogP contribution >= 0.6 is 0 Å². The van der Waals surface area contributed by atoms with Crippen molar-refractivity contribution in [3.8, 4) is 11.6 Å². The van der Waals surface area contributed by atoms with E-state index in [1.807, 2.05) is 53.4 Å². The molecule has 5 heteroatoms. The highest BCUT2D eigenvalue weighted by Crippen LogP contribution is 2.19. The maximum atomic E-state index is 5.34. The molecule has 0 saturated carbocycles. The average molecular weight is 280 g/mol. The molecule has 3 aromatic rings. The Hall–Kier alpha value is -2.82. The van der Waals surface area contributed by atoms with E-state index in [0.717, 1.165) is 22.8 Å². The number of aromatic nitrogens is 3. The quantitative estimate of drug-likeness (QED) is 0.780. The maximum Gasteiger partial charge on any atom is 0.137 e. The predicted molar refractivity (Wildman–Crippen MR) is 81.7 cm³/mol. The third kappa shape index (κ3) is 3.02. The van der Waals surface area contributed by atoms with Crippen molar-refractivity contribution in [3.63, 3.8) is 0 Å². The Balaban J connectivity index is 1.68. The number of para-hydroxylation sites is 1. The van der Waals surface area contributed by atoms with Gasteiger partial charge in [0.05, 0.1) is 19.0 Å². The van der Waals surface area contributed by atoms with Crippen LogP contribution in [0.25, 0.3) is 5.82 Å². The van der Waals surface area contributed by atoms with Crippen molar-refractivity contribution in [2.45, 2.75) is 6.54 Å². The first-order valence-corrected chi connectivity index (χ1v) is 6.67. The second-order valence-electron chi connectivity index (χ2n) is 4.54. The molecular weight excluding hydrogens is 264 g/mol. The molecule has 1 N–H and O–H groups in total. The number of anilines is 1. The Labute approximate surface area is 123 Å². The molecule has 0 spiro atoms. The van der Waals surface area contributed by atoms with Crippen LogP contribution in [0.3, 0.4) is 0 Å². The minimum Gasteiger partial charge on any atom is -0.496 e. The first-order chi connectivity index (χ1) is 10.4. The van der Waals surface area contributed by atoms with Crippen molar-refractivity contribution in [3.05, 3.63) is 66.9 Å². The van der Waals surface area contributed by atoms with Crippen molar-refractivity contribution in [1.29, 1.82) is 0 Å². The van der Waals surface area contributed by atoms with Crippen molar-refractivity contribution in [2.24, 2.45) is 0 Å². The molecule has 3 rings (SSSR count). The van der Waals surface area contributed by atoms with Gasteiger partial charge in [-0.3, -0.25) is 4.57 Å². The lowest BCUT2D eigenvalue weighted by Crippen LogP contribution is -2.02. The van der Waals surface area contributed by atoms with Crippen LogP contribution in [0.4, 0.5) is 5.69 Å². The number of imidazole rings is 1. The molecule has 0 fully saturated rings. The van der Waals surface area contributed by atoms with Crippen molar-refractivity contribution in [2.75, 3.05) is 12.4 Å². The monoisotopic (exact) mass is 280 g/mol. The Morgan fingerprint density at radius 1 is 1.19 bits per heavy atom. The molecule has 2 aromatic heterocycles. The van der Waals surface area contributed by atoms with Crippen LogP contribution in [0.1, 0.15) is 5.56 Å². The van der Waals surface area contributed by atoms with Crippen LogP contribution in [0.5, 0.6) is 5.75 Å². The number of pyridine rings is 1. The first kappa shape index (κ1) is 13.2. The Kier molecular flexibility index (Phi) is 3.82. The van der Waals surface area contributed by atoms with E-state index < -0.39 is 0 Å². The minimum atomic E-state index is 0.691. The van der Waals surface area contributed by atoms with Gasteiger partial charge in [0.15, 0.2) is 0 Å². The molecule has 0 aliphatic heterocycles. The van der Waals surface area contributed by atoms with Gasteiger partial charge in [-0.15, -0.1) is 0 Å². The van der Waals surface area contributed by atoms with E-state index in [1.165, 1.54) is 0 Å². The van der Waals surface area contributed by atoms with Gasteiger partial charge in [-0.05, 0) is 18.2 Å². The van der Waals surface area contributed by atoms with Gasteiger partial charge in [0.1, 0.15) is 17.9 Å². The van der Waals surface area contributed by atoms with Crippen LogP contribution in [0.15, 0.2) is 61.3 Å². The summed E-state index contributed by atoms with van der Waals surface area (Å²) in [5.41, 5.74) is 2.07. The molecule has 0 aliphatic rings. The predicted octanol–water partition coefficient (Wildman–Crippen LogP) is 2.89. The normalized spacial score (nSPS) is 10.3. The van der Waals surface area contributed by atoms with E-state index in [2.05, 4.69) is 15.3 Å². The number of benzene rings is 1. The fourth-order valence-corrected chi connectivity index (χ4v) is 2.08. The average Bonchev–Trinajstić information content (AvgIpc) is 3.08. The smallest absolute Gasteiger partial charge is 0.137 e. The Morgan fingerprint density at radius 3 is 2.81 bits per heavy atom. The molecular formula is C16H16N4O. The lowest BCUT2D eigenvalue weighted by atomic mass is 10.2. The van der Waals surface area contributed by atoms with Gasteiger partial charge in [-0.2, -0.15) is 0 Å². The molecule has 2 heterocycles. The first-order valence-electron chi connectivity index (χ1n) is 6.67. The fourth-order valence-electron chi connectivity index (χ4n) is 2.08. The molecule has 21 heavy (non-hydrogen) atoms. The highest BCUT2D eigenvalue weighted by molar-refractivity contribution is 5.45. The summed E-state index contributed by atoms with van der Waals surface area (Å²) >= 11 is 0. The van der Waals surface area contributed by atoms with Crippen LogP contribution in [-0.4, -0.2) is 21.6 Å². The Bertz CT molecular complexity index is 693. The molecule has 0 amide bonds. The molecule has 0 unspecified atom stereocenters. The van der Waals surface area contributed by atoms with Crippen LogP contribution < -0.4 is 10.1 Å². The molecule has 1 aromatic carbocycles. The third-order valence-corrected chi connectivity index (χ3v) is 3.19. The molecule has 0 bridgehead atoms. The van der Waals surface area contributed by atoms with Gasteiger partial charge in [0, 0.05) is 24.5 Å². The Morgan fingerprint density at radius 2 is 2.10 bits per heavy atom. The largest absolute Gasteiger partial charge is 0.496 e. The molecule has 0 saturated heterocycles. The summed E-state index contributed by atoms with van der Waals surface area (Å²) in [5, 5.41) is 3.34. The van der Waals surface area contributed by atoms with Crippen molar-refractivity contribution >= 4 is 5.69 Å². The van der Waals surface area contributed by atoms with E-state index in [4.69, 9.17) is 4.74 Å². The van der Waals surface area contributed by atoms with Gasteiger partial charge in [-0.1, -0.05) is 18.2 Å². The summed E-state index contributed by atoms with van der Waals surface area (Å²) in [4.78, 5) is 8.41. The number of hydrogen-bond acceptors (Lipinski definition) is 4. The molecule has 0 aliphatic carbocycles. The van der Waals surface area contributed by atoms with E-state index in [-0.39, 0.29) is 0 Å². The number of hydrogen-bond donors (Lipinski definition) is 1. The van der Waals surface area contributed by atoms with E-state index in [1.54, 1.807) is 19.6 Å². The number of nitrogens with zero attached hydrogens (tertiary/aromatic N) is 3. The standard InChI is InChI=1S/C16H16N4O/c1-21-15-5-3-2-4-13(15)10-18-14-6-7-16(19-11-14)20-9-8-17-12-20/h2-9,11-12,18H,10H2,1H3. The zero-order valence-electron chi connectivity index (χ0n) is 11.7. The number of nitrogens with one attached hydrogen (secondary N) is 1. The summed E-state index contributed by atoms with van der Waals surface area (Å²) in [5.74, 6) is 1.73. The summed E-state index contributed by atoms with van der Waals surface area (Å²) in [6.45, 7) is 0.691. The minimum absolute atomic E-state index is 0.691. The van der Waals surface area contributed by atoms with Gasteiger partial charge in [-0.25, -0.2) is 9.97 Å². The van der Waals surface area contributed by atoms with Crippen LogP contribution in [0.2, 0.25) is 0 Å². The zero-order chi connectivity index (χ0) is 14.5.